The Balaban J connectivity index is 1.61. The van der Waals surface area contributed by atoms with Crippen molar-refractivity contribution in [2.24, 2.45) is 0 Å². The molecule has 0 bridgehead atoms. The van der Waals surface area contributed by atoms with Gasteiger partial charge in [0.25, 0.3) is 0 Å². The summed E-state index contributed by atoms with van der Waals surface area (Å²) in [5.74, 6) is -0.684. The van der Waals surface area contributed by atoms with Gasteiger partial charge in [-0.3, -0.25) is 0 Å². The fraction of sp³-hybridized carbons (Fsp3) is 0. The average molecular weight is 415 g/mol. The molecule has 7 nitrogen and oxygen atoms in total. The van der Waals surface area contributed by atoms with E-state index in [1.165, 1.54) is 18.2 Å². The minimum absolute atomic E-state index is 0.219. The predicted molar refractivity (Wildman–Crippen MR) is 115 cm³/mol. The second-order valence-electron chi connectivity index (χ2n) is 6.76. The molecule has 0 unspecified atom stereocenters. The Kier molecular flexibility index (Phi) is 5.15. The van der Waals surface area contributed by atoms with Crippen LogP contribution in [0.5, 0.6) is 23.0 Å². The van der Waals surface area contributed by atoms with Gasteiger partial charge in [-0.1, -0.05) is 12.1 Å². The number of carboxylic acid groups (broad SMARTS) is 2. The maximum Gasteiger partial charge on any atom is 0.336 e. The van der Waals surface area contributed by atoms with Crippen LogP contribution >= 0.6 is 0 Å². The van der Waals surface area contributed by atoms with Gasteiger partial charge >= 0.3 is 11.9 Å². The Morgan fingerprint density at radius 1 is 0.581 bits per heavy atom. The third kappa shape index (κ3) is 4.40. The first-order valence-corrected chi connectivity index (χ1v) is 9.25. The van der Waals surface area contributed by atoms with E-state index in [0.717, 1.165) is 10.8 Å². The Bertz CT molecular complexity index is 1300. The topological polar surface area (TPSA) is 119 Å². The number of rotatable bonds is 6. The molecular formula is C24H17NO6. The number of nitrogen functional groups attached to an aromatic ring is 1. The quantitative estimate of drug-likeness (QED) is 0.361. The molecule has 0 aliphatic carbocycles. The zero-order valence-electron chi connectivity index (χ0n) is 16.1. The number of benzene rings is 4. The van der Waals surface area contributed by atoms with E-state index in [4.69, 9.17) is 20.3 Å². The standard InChI is InChI=1S/C24H17NO6/c25-16-3-7-17(8-4-16)30-18-5-1-14-2-6-19(12-15(14)11-18)31-20-9-10-21(23(26)27)22(13-20)24(28)29/h1-13H,25H2,(H,26,27)(H,28,29). The lowest BCUT2D eigenvalue weighted by atomic mass is 10.1. The number of hydrogen-bond acceptors (Lipinski definition) is 5. The van der Waals surface area contributed by atoms with Crippen LogP contribution in [-0.2, 0) is 0 Å². The SMILES string of the molecule is Nc1ccc(Oc2ccc3ccc(Oc4ccc(C(=O)O)c(C(=O)O)c4)cc3c2)cc1. The van der Waals surface area contributed by atoms with E-state index in [2.05, 4.69) is 0 Å². The van der Waals surface area contributed by atoms with Gasteiger partial charge in [0.05, 0.1) is 11.1 Å². The highest BCUT2D eigenvalue weighted by Crippen LogP contribution is 2.31. The Morgan fingerprint density at radius 3 is 1.65 bits per heavy atom. The molecule has 0 aromatic heterocycles. The van der Waals surface area contributed by atoms with E-state index < -0.39 is 11.9 Å². The zero-order valence-corrected chi connectivity index (χ0v) is 16.1. The van der Waals surface area contributed by atoms with E-state index in [9.17, 15) is 14.7 Å². The third-order valence-corrected chi connectivity index (χ3v) is 4.59. The van der Waals surface area contributed by atoms with Crippen molar-refractivity contribution in [1.29, 1.82) is 0 Å². The van der Waals surface area contributed by atoms with Crippen LogP contribution in [0.15, 0.2) is 78.9 Å². The Morgan fingerprint density at radius 2 is 1.06 bits per heavy atom. The first-order valence-electron chi connectivity index (χ1n) is 9.25. The minimum Gasteiger partial charge on any atom is -0.478 e. The largest absolute Gasteiger partial charge is 0.478 e. The second kappa shape index (κ2) is 8.08. The first-order chi connectivity index (χ1) is 14.9. The molecule has 0 atom stereocenters. The van der Waals surface area contributed by atoms with Crippen LogP contribution in [-0.4, -0.2) is 22.2 Å². The molecule has 0 spiro atoms. The zero-order chi connectivity index (χ0) is 22.0. The fourth-order valence-electron chi connectivity index (χ4n) is 3.09. The molecule has 0 amide bonds. The molecule has 7 heteroatoms. The summed E-state index contributed by atoms with van der Waals surface area (Å²) >= 11 is 0. The summed E-state index contributed by atoms with van der Waals surface area (Å²) in [5.41, 5.74) is 5.69. The Hall–Kier alpha value is -4.52. The maximum absolute atomic E-state index is 11.4. The average Bonchev–Trinajstić information content (AvgIpc) is 2.75. The van der Waals surface area contributed by atoms with Gasteiger partial charge in [-0.05, 0) is 77.5 Å². The van der Waals surface area contributed by atoms with Gasteiger partial charge in [0.1, 0.15) is 23.0 Å². The first kappa shape index (κ1) is 19.8. The number of carbonyl (C=O) groups is 2. The monoisotopic (exact) mass is 415 g/mol. The number of fused-ring (bicyclic) bond motifs is 1. The van der Waals surface area contributed by atoms with Crippen molar-refractivity contribution in [3.8, 4) is 23.0 Å². The normalized spacial score (nSPS) is 10.6. The highest BCUT2D eigenvalue weighted by Gasteiger charge is 2.17. The van der Waals surface area contributed by atoms with Crippen molar-refractivity contribution in [2.45, 2.75) is 0 Å². The number of nitrogens with two attached hydrogens (primary N) is 1. The Labute approximate surface area is 176 Å². The summed E-state index contributed by atoms with van der Waals surface area (Å²) in [4.78, 5) is 22.6. The molecule has 0 aliphatic rings. The van der Waals surface area contributed by atoms with Crippen LogP contribution < -0.4 is 15.2 Å². The van der Waals surface area contributed by atoms with Crippen LogP contribution in [0, 0.1) is 0 Å². The smallest absolute Gasteiger partial charge is 0.336 e. The van der Waals surface area contributed by atoms with Crippen molar-refractivity contribution in [1.82, 2.24) is 0 Å². The molecule has 31 heavy (non-hydrogen) atoms. The molecule has 4 N–H and O–H groups in total. The second-order valence-corrected chi connectivity index (χ2v) is 6.76. The predicted octanol–water partition coefficient (Wildman–Crippen LogP) is 5.40. The van der Waals surface area contributed by atoms with E-state index in [1.54, 1.807) is 36.4 Å². The molecule has 4 rings (SSSR count). The van der Waals surface area contributed by atoms with Crippen molar-refractivity contribution in [3.63, 3.8) is 0 Å². The summed E-state index contributed by atoms with van der Waals surface area (Å²) in [6, 6.07) is 21.9. The van der Waals surface area contributed by atoms with Gasteiger partial charge in [0.2, 0.25) is 0 Å². The van der Waals surface area contributed by atoms with Crippen LogP contribution in [0.1, 0.15) is 20.7 Å². The van der Waals surface area contributed by atoms with E-state index in [1.807, 2.05) is 24.3 Å². The molecule has 0 saturated carbocycles. The van der Waals surface area contributed by atoms with Gasteiger partial charge in [-0.15, -0.1) is 0 Å². The number of aromatic carboxylic acids is 2. The van der Waals surface area contributed by atoms with E-state index >= 15 is 0 Å². The molecule has 0 saturated heterocycles. The van der Waals surface area contributed by atoms with Gasteiger partial charge in [-0.2, -0.15) is 0 Å². The molecule has 4 aromatic rings. The van der Waals surface area contributed by atoms with Crippen molar-refractivity contribution in [2.75, 3.05) is 5.73 Å². The number of anilines is 1. The van der Waals surface area contributed by atoms with Crippen LogP contribution in [0.25, 0.3) is 10.8 Å². The number of carboxylic acids is 2. The molecule has 0 fully saturated rings. The molecular weight excluding hydrogens is 398 g/mol. The summed E-state index contributed by atoms with van der Waals surface area (Å²) in [6.07, 6.45) is 0. The summed E-state index contributed by atoms with van der Waals surface area (Å²) in [6.45, 7) is 0. The summed E-state index contributed by atoms with van der Waals surface area (Å²) in [7, 11) is 0. The third-order valence-electron chi connectivity index (χ3n) is 4.59. The molecule has 154 valence electrons. The maximum atomic E-state index is 11.4. The van der Waals surface area contributed by atoms with Crippen LogP contribution in [0.3, 0.4) is 0 Å². The summed E-state index contributed by atoms with van der Waals surface area (Å²) < 4.78 is 11.6. The lowest BCUT2D eigenvalue weighted by Gasteiger charge is -2.10. The van der Waals surface area contributed by atoms with E-state index in [0.29, 0.717) is 22.9 Å². The number of ether oxygens (including phenoxy) is 2. The van der Waals surface area contributed by atoms with Crippen molar-refractivity contribution in [3.05, 3.63) is 90.0 Å². The van der Waals surface area contributed by atoms with Gasteiger partial charge in [0, 0.05) is 5.69 Å². The van der Waals surface area contributed by atoms with Gasteiger partial charge in [0.15, 0.2) is 0 Å². The van der Waals surface area contributed by atoms with Crippen molar-refractivity contribution >= 4 is 28.4 Å². The lowest BCUT2D eigenvalue weighted by molar-refractivity contribution is 0.0651. The molecule has 0 heterocycles. The van der Waals surface area contributed by atoms with E-state index in [-0.39, 0.29) is 16.9 Å². The van der Waals surface area contributed by atoms with Crippen LogP contribution in [0.2, 0.25) is 0 Å². The fourth-order valence-corrected chi connectivity index (χ4v) is 3.09. The highest BCUT2D eigenvalue weighted by molar-refractivity contribution is 6.02. The van der Waals surface area contributed by atoms with Crippen LogP contribution in [0.4, 0.5) is 5.69 Å². The molecule has 0 aliphatic heterocycles. The summed E-state index contributed by atoms with van der Waals surface area (Å²) in [5, 5.41) is 20.2. The highest BCUT2D eigenvalue weighted by atomic mass is 16.5. The number of hydrogen-bond donors (Lipinski definition) is 3. The van der Waals surface area contributed by atoms with Gasteiger partial charge < -0.3 is 25.4 Å². The lowest BCUT2D eigenvalue weighted by Crippen LogP contribution is -2.07. The van der Waals surface area contributed by atoms with Gasteiger partial charge in [-0.25, -0.2) is 9.59 Å². The molecule has 0 radical (unpaired) electrons. The van der Waals surface area contributed by atoms with Crippen molar-refractivity contribution < 1.29 is 29.3 Å². The molecule has 4 aromatic carbocycles. The minimum atomic E-state index is -1.34.